The second-order valence-corrected chi connectivity index (χ2v) is 6.40. The van der Waals surface area contributed by atoms with Crippen molar-refractivity contribution < 1.29 is 14.1 Å². The Morgan fingerprint density at radius 1 is 1.30 bits per heavy atom. The SMILES string of the molecule is CC[C@H]1OCCC[C@@H]1C(=O)N1CCN(Cc2noc(C)n2)CC1. The molecule has 0 bridgehead atoms. The summed E-state index contributed by atoms with van der Waals surface area (Å²) in [6, 6.07) is 0. The quantitative estimate of drug-likeness (QED) is 0.830. The van der Waals surface area contributed by atoms with Crippen LogP contribution in [0.3, 0.4) is 0 Å². The molecule has 0 spiro atoms. The van der Waals surface area contributed by atoms with Gasteiger partial charge >= 0.3 is 0 Å². The van der Waals surface area contributed by atoms with Gasteiger partial charge in [-0.1, -0.05) is 12.1 Å². The molecule has 0 saturated carbocycles. The van der Waals surface area contributed by atoms with E-state index in [1.807, 2.05) is 4.90 Å². The number of hydrogen-bond acceptors (Lipinski definition) is 6. The monoisotopic (exact) mass is 322 g/mol. The number of aryl methyl sites for hydroxylation is 1. The van der Waals surface area contributed by atoms with E-state index in [1.165, 1.54) is 0 Å². The van der Waals surface area contributed by atoms with Crippen LogP contribution in [0, 0.1) is 12.8 Å². The number of hydrogen-bond donors (Lipinski definition) is 0. The molecule has 2 atom stereocenters. The first kappa shape index (κ1) is 16.4. The number of carbonyl (C=O) groups excluding carboxylic acids is 1. The Balaban J connectivity index is 1.50. The second kappa shape index (κ2) is 7.40. The summed E-state index contributed by atoms with van der Waals surface area (Å²) >= 11 is 0. The molecule has 23 heavy (non-hydrogen) atoms. The highest BCUT2D eigenvalue weighted by Crippen LogP contribution is 2.25. The molecule has 2 fully saturated rings. The molecule has 7 heteroatoms. The molecule has 0 unspecified atom stereocenters. The van der Waals surface area contributed by atoms with Crippen LogP contribution >= 0.6 is 0 Å². The number of piperazine rings is 1. The minimum Gasteiger partial charge on any atom is -0.377 e. The zero-order valence-corrected chi connectivity index (χ0v) is 14.0. The summed E-state index contributed by atoms with van der Waals surface area (Å²) in [5, 5.41) is 3.93. The van der Waals surface area contributed by atoms with Crippen LogP contribution in [0.15, 0.2) is 4.52 Å². The molecule has 1 aromatic rings. The Kier molecular flexibility index (Phi) is 5.27. The summed E-state index contributed by atoms with van der Waals surface area (Å²) < 4.78 is 10.8. The highest BCUT2D eigenvalue weighted by molar-refractivity contribution is 5.79. The van der Waals surface area contributed by atoms with Crippen LogP contribution in [0.25, 0.3) is 0 Å². The van der Waals surface area contributed by atoms with Crippen molar-refractivity contribution in [3.05, 3.63) is 11.7 Å². The van der Waals surface area contributed by atoms with Crippen molar-refractivity contribution in [2.75, 3.05) is 32.8 Å². The number of nitrogens with zero attached hydrogens (tertiary/aromatic N) is 4. The smallest absolute Gasteiger partial charge is 0.228 e. The maximum Gasteiger partial charge on any atom is 0.228 e. The van der Waals surface area contributed by atoms with Gasteiger partial charge in [-0.2, -0.15) is 4.98 Å². The highest BCUT2D eigenvalue weighted by Gasteiger charge is 2.34. The van der Waals surface area contributed by atoms with Gasteiger partial charge in [-0.25, -0.2) is 0 Å². The van der Waals surface area contributed by atoms with Gasteiger partial charge in [0.2, 0.25) is 11.8 Å². The lowest BCUT2D eigenvalue weighted by Crippen LogP contribution is -2.52. The van der Waals surface area contributed by atoms with Gasteiger partial charge in [-0.3, -0.25) is 9.69 Å². The fourth-order valence-corrected chi connectivity index (χ4v) is 3.49. The fraction of sp³-hybridized carbons (Fsp3) is 0.812. The topological polar surface area (TPSA) is 71.7 Å². The first-order chi connectivity index (χ1) is 11.2. The molecular weight excluding hydrogens is 296 g/mol. The Bertz CT molecular complexity index is 525. The Labute approximate surface area is 137 Å². The van der Waals surface area contributed by atoms with Gasteiger partial charge in [-0.15, -0.1) is 0 Å². The normalized spacial score (nSPS) is 26.4. The summed E-state index contributed by atoms with van der Waals surface area (Å²) in [4.78, 5) is 21.3. The van der Waals surface area contributed by atoms with Crippen LogP contribution in [-0.4, -0.2) is 64.7 Å². The third-order valence-corrected chi connectivity index (χ3v) is 4.78. The fourth-order valence-electron chi connectivity index (χ4n) is 3.49. The van der Waals surface area contributed by atoms with E-state index < -0.39 is 0 Å². The average molecular weight is 322 g/mol. The summed E-state index contributed by atoms with van der Waals surface area (Å²) in [6.07, 6.45) is 2.95. The molecular formula is C16H26N4O3. The van der Waals surface area contributed by atoms with Crippen molar-refractivity contribution >= 4 is 5.91 Å². The number of carbonyl (C=O) groups is 1. The van der Waals surface area contributed by atoms with Crippen LogP contribution in [0.1, 0.15) is 37.9 Å². The number of aromatic nitrogens is 2. The molecule has 0 N–H and O–H groups in total. The third-order valence-electron chi connectivity index (χ3n) is 4.78. The van der Waals surface area contributed by atoms with Gasteiger partial charge in [-0.05, 0) is 19.3 Å². The average Bonchev–Trinajstić information content (AvgIpc) is 3.00. The molecule has 0 radical (unpaired) electrons. The van der Waals surface area contributed by atoms with E-state index in [9.17, 15) is 4.79 Å². The van der Waals surface area contributed by atoms with Gasteiger partial charge in [0.25, 0.3) is 0 Å². The lowest BCUT2D eigenvalue weighted by Gasteiger charge is -2.38. The molecule has 128 valence electrons. The predicted octanol–water partition coefficient (Wildman–Crippen LogP) is 1.23. The van der Waals surface area contributed by atoms with Crippen LogP contribution in [-0.2, 0) is 16.1 Å². The lowest BCUT2D eigenvalue weighted by atomic mass is 9.91. The van der Waals surface area contributed by atoms with E-state index in [-0.39, 0.29) is 17.9 Å². The Hall–Kier alpha value is -1.47. The first-order valence-corrected chi connectivity index (χ1v) is 8.59. The van der Waals surface area contributed by atoms with Gasteiger partial charge in [0.15, 0.2) is 5.82 Å². The standard InChI is InChI=1S/C16H26N4O3/c1-3-14-13(5-4-10-22-14)16(21)20-8-6-19(7-9-20)11-15-17-12(2)23-18-15/h13-14H,3-11H2,1-2H3/t13-,14+/m0/s1. The van der Waals surface area contributed by atoms with E-state index in [2.05, 4.69) is 22.0 Å². The van der Waals surface area contributed by atoms with Crippen molar-refractivity contribution in [1.82, 2.24) is 19.9 Å². The predicted molar refractivity (Wildman–Crippen MR) is 83.6 cm³/mol. The molecule has 2 aliphatic rings. The van der Waals surface area contributed by atoms with Crippen molar-refractivity contribution in [2.24, 2.45) is 5.92 Å². The third kappa shape index (κ3) is 3.90. The van der Waals surface area contributed by atoms with E-state index in [1.54, 1.807) is 6.92 Å². The summed E-state index contributed by atoms with van der Waals surface area (Å²) in [6.45, 7) is 8.60. The molecule has 0 aliphatic carbocycles. The molecule has 3 rings (SSSR count). The van der Waals surface area contributed by atoms with E-state index in [0.29, 0.717) is 18.3 Å². The summed E-state index contributed by atoms with van der Waals surface area (Å²) in [7, 11) is 0. The number of rotatable bonds is 4. The zero-order chi connectivity index (χ0) is 16.2. The molecule has 1 aromatic heterocycles. The van der Waals surface area contributed by atoms with Crippen LogP contribution in [0.5, 0.6) is 0 Å². The molecule has 1 amide bonds. The van der Waals surface area contributed by atoms with E-state index >= 15 is 0 Å². The molecule has 3 heterocycles. The summed E-state index contributed by atoms with van der Waals surface area (Å²) in [5.41, 5.74) is 0. The molecule has 2 aliphatic heterocycles. The largest absolute Gasteiger partial charge is 0.377 e. The van der Waals surface area contributed by atoms with E-state index in [0.717, 1.165) is 52.0 Å². The highest BCUT2D eigenvalue weighted by atomic mass is 16.5. The maximum absolute atomic E-state index is 12.8. The van der Waals surface area contributed by atoms with Gasteiger partial charge in [0.05, 0.1) is 18.6 Å². The van der Waals surface area contributed by atoms with E-state index in [4.69, 9.17) is 9.26 Å². The van der Waals surface area contributed by atoms with Gasteiger partial charge < -0.3 is 14.2 Å². The van der Waals surface area contributed by atoms with Crippen LogP contribution in [0.2, 0.25) is 0 Å². The number of ether oxygens (including phenoxy) is 1. The zero-order valence-electron chi connectivity index (χ0n) is 14.0. The van der Waals surface area contributed by atoms with Crippen LogP contribution in [0.4, 0.5) is 0 Å². The minimum absolute atomic E-state index is 0.0418. The Morgan fingerprint density at radius 2 is 2.09 bits per heavy atom. The van der Waals surface area contributed by atoms with Crippen molar-refractivity contribution in [1.29, 1.82) is 0 Å². The first-order valence-electron chi connectivity index (χ1n) is 8.59. The van der Waals surface area contributed by atoms with Crippen molar-refractivity contribution in [3.8, 4) is 0 Å². The number of amides is 1. The van der Waals surface area contributed by atoms with Gasteiger partial charge in [0, 0.05) is 39.7 Å². The second-order valence-electron chi connectivity index (χ2n) is 6.40. The Morgan fingerprint density at radius 3 is 2.74 bits per heavy atom. The van der Waals surface area contributed by atoms with Gasteiger partial charge in [0.1, 0.15) is 0 Å². The minimum atomic E-state index is 0.0418. The maximum atomic E-state index is 12.8. The molecule has 2 saturated heterocycles. The van der Waals surface area contributed by atoms with Crippen molar-refractivity contribution in [2.45, 2.75) is 45.8 Å². The molecule has 7 nitrogen and oxygen atoms in total. The van der Waals surface area contributed by atoms with Crippen LogP contribution < -0.4 is 0 Å². The lowest BCUT2D eigenvalue weighted by molar-refractivity contribution is -0.147. The molecule has 0 aromatic carbocycles. The summed E-state index contributed by atoms with van der Waals surface area (Å²) in [5.74, 6) is 1.62. The van der Waals surface area contributed by atoms with Crippen molar-refractivity contribution in [3.63, 3.8) is 0 Å².